The Balaban J connectivity index is 3.56. The fraction of sp³-hybridized carbons (Fsp3) is 0.804. The number of hydrogen-bond acceptors (Lipinski definition) is 5. The van der Waals surface area contributed by atoms with Crippen molar-refractivity contribution in [1.29, 1.82) is 0 Å². The molecule has 0 aromatic rings. The van der Waals surface area contributed by atoms with Crippen LogP contribution in [0.25, 0.3) is 0 Å². The molecule has 0 aliphatic heterocycles. The first-order valence-corrected chi connectivity index (χ1v) is 24.4. The fourth-order valence-electron chi connectivity index (χ4n) is 7.03. The van der Waals surface area contributed by atoms with Crippen molar-refractivity contribution >= 4 is 11.9 Å². The average molecular weight is 800 g/mol. The summed E-state index contributed by atoms with van der Waals surface area (Å²) in [6.07, 6.45) is 56.8. The van der Waals surface area contributed by atoms with Crippen LogP contribution in [0.4, 0.5) is 0 Å². The van der Waals surface area contributed by atoms with Crippen LogP contribution in [0.15, 0.2) is 48.6 Å². The SMILES string of the molecule is CCCCCCC/C=C\CCCCCCCC(=O)OCCCCC/C=C\C=C/CCCCCCCCC(=O)NC(CO)C(O)/C=C/CCCCCCCCCCC. The van der Waals surface area contributed by atoms with Crippen molar-refractivity contribution in [3.63, 3.8) is 0 Å². The maximum atomic E-state index is 12.4. The van der Waals surface area contributed by atoms with Crippen molar-refractivity contribution in [1.82, 2.24) is 5.32 Å². The Labute approximate surface area is 353 Å². The predicted octanol–water partition coefficient (Wildman–Crippen LogP) is 14.3. The minimum Gasteiger partial charge on any atom is -0.466 e. The maximum absolute atomic E-state index is 12.4. The highest BCUT2D eigenvalue weighted by Crippen LogP contribution is 2.13. The van der Waals surface area contributed by atoms with Crippen LogP contribution < -0.4 is 5.32 Å². The number of hydrogen-bond donors (Lipinski definition) is 3. The lowest BCUT2D eigenvalue weighted by molar-refractivity contribution is -0.143. The van der Waals surface area contributed by atoms with E-state index in [9.17, 15) is 19.8 Å². The molecule has 0 rings (SSSR count). The van der Waals surface area contributed by atoms with Gasteiger partial charge in [0.2, 0.25) is 5.91 Å². The van der Waals surface area contributed by atoms with E-state index in [4.69, 9.17) is 4.74 Å². The van der Waals surface area contributed by atoms with E-state index in [0.29, 0.717) is 19.4 Å². The molecule has 6 nitrogen and oxygen atoms in total. The van der Waals surface area contributed by atoms with Crippen LogP contribution in [-0.4, -0.2) is 47.4 Å². The third-order valence-corrected chi connectivity index (χ3v) is 10.8. The van der Waals surface area contributed by atoms with Gasteiger partial charge in [0.25, 0.3) is 0 Å². The molecule has 332 valence electrons. The van der Waals surface area contributed by atoms with Crippen molar-refractivity contribution in [3.05, 3.63) is 48.6 Å². The zero-order chi connectivity index (χ0) is 41.5. The van der Waals surface area contributed by atoms with Crippen LogP contribution >= 0.6 is 0 Å². The molecule has 0 heterocycles. The number of ether oxygens (including phenoxy) is 1. The van der Waals surface area contributed by atoms with Crippen LogP contribution in [0.2, 0.25) is 0 Å². The van der Waals surface area contributed by atoms with E-state index in [1.54, 1.807) is 6.08 Å². The van der Waals surface area contributed by atoms with Crippen molar-refractivity contribution in [2.75, 3.05) is 13.2 Å². The maximum Gasteiger partial charge on any atom is 0.305 e. The van der Waals surface area contributed by atoms with Crippen LogP contribution in [-0.2, 0) is 14.3 Å². The van der Waals surface area contributed by atoms with E-state index >= 15 is 0 Å². The van der Waals surface area contributed by atoms with Gasteiger partial charge >= 0.3 is 5.97 Å². The van der Waals surface area contributed by atoms with Gasteiger partial charge in [0, 0.05) is 12.8 Å². The lowest BCUT2D eigenvalue weighted by Crippen LogP contribution is -2.45. The van der Waals surface area contributed by atoms with Gasteiger partial charge in [0.15, 0.2) is 0 Å². The van der Waals surface area contributed by atoms with E-state index in [1.165, 1.54) is 135 Å². The molecule has 0 aromatic heterocycles. The number of aliphatic hydroxyl groups excluding tert-OH is 2. The van der Waals surface area contributed by atoms with Gasteiger partial charge in [0.1, 0.15) is 0 Å². The lowest BCUT2D eigenvalue weighted by Gasteiger charge is -2.20. The van der Waals surface area contributed by atoms with Gasteiger partial charge in [-0.15, -0.1) is 0 Å². The highest BCUT2D eigenvalue weighted by molar-refractivity contribution is 5.76. The molecule has 0 radical (unpaired) electrons. The summed E-state index contributed by atoms with van der Waals surface area (Å²) in [5, 5.41) is 22.9. The lowest BCUT2D eigenvalue weighted by atomic mass is 10.1. The largest absolute Gasteiger partial charge is 0.466 e. The number of rotatable bonds is 44. The zero-order valence-corrected chi connectivity index (χ0v) is 37.6. The summed E-state index contributed by atoms with van der Waals surface area (Å²) in [7, 11) is 0. The van der Waals surface area contributed by atoms with Gasteiger partial charge in [0.05, 0.1) is 25.4 Å². The van der Waals surface area contributed by atoms with Gasteiger partial charge in [-0.3, -0.25) is 9.59 Å². The van der Waals surface area contributed by atoms with Crippen LogP contribution in [0, 0.1) is 0 Å². The van der Waals surface area contributed by atoms with Crippen LogP contribution in [0.3, 0.4) is 0 Å². The molecule has 6 heteroatoms. The molecule has 2 unspecified atom stereocenters. The molecule has 0 aliphatic rings. The third-order valence-electron chi connectivity index (χ3n) is 10.8. The molecule has 0 fully saturated rings. The molecule has 0 aliphatic carbocycles. The predicted molar refractivity (Wildman–Crippen MR) is 245 cm³/mol. The summed E-state index contributed by atoms with van der Waals surface area (Å²) in [5.74, 6) is -0.127. The Morgan fingerprint density at radius 3 is 1.35 bits per heavy atom. The number of aliphatic hydroxyl groups is 2. The van der Waals surface area contributed by atoms with E-state index in [-0.39, 0.29) is 18.5 Å². The zero-order valence-electron chi connectivity index (χ0n) is 37.6. The monoisotopic (exact) mass is 800 g/mol. The first kappa shape index (κ1) is 54.8. The summed E-state index contributed by atoms with van der Waals surface area (Å²) < 4.78 is 5.43. The number of amides is 1. The molecule has 2 atom stereocenters. The summed E-state index contributed by atoms with van der Waals surface area (Å²) in [6.45, 7) is 4.80. The average Bonchev–Trinajstić information content (AvgIpc) is 3.21. The van der Waals surface area contributed by atoms with Crippen LogP contribution in [0.5, 0.6) is 0 Å². The van der Waals surface area contributed by atoms with Gasteiger partial charge in [-0.25, -0.2) is 0 Å². The number of allylic oxidation sites excluding steroid dienone is 7. The molecule has 57 heavy (non-hydrogen) atoms. The second-order valence-corrected chi connectivity index (χ2v) is 16.5. The smallest absolute Gasteiger partial charge is 0.305 e. The second-order valence-electron chi connectivity index (χ2n) is 16.5. The number of nitrogens with one attached hydrogen (secondary N) is 1. The molecule has 0 bridgehead atoms. The normalized spacial score (nSPS) is 13.1. The Hall–Kier alpha value is -2.18. The van der Waals surface area contributed by atoms with Crippen molar-refractivity contribution < 1.29 is 24.5 Å². The molecule has 0 saturated heterocycles. The summed E-state index contributed by atoms with van der Waals surface area (Å²) in [5.41, 5.74) is 0. The number of carbonyl (C=O) groups excluding carboxylic acids is 2. The summed E-state index contributed by atoms with van der Waals surface area (Å²) >= 11 is 0. The Morgan fingerprint density at radius 1 is 0.491 bits per heavy atom. The van der Waals surface area contributed by atoms with Crippen LogP contribution in [0.1, 0.15) is 239 Å². The fourth-order valence-corrected chi connectivity index (χ4v) is 7.03. The third kappa shape index (κ3) is 43.2. The Kier molecular flexibility index (Phi) is 44.7. The summed E-state index contributed by atoms with van der Waals surface area (Å²) in [6, 6.07) is -0.644. The van der Waals surface area contributed by atoms with Gasteiger partial charge in [-0.05, 0) is 89.9 Å². The highest BCUT2D eigenvalue weighted by Gasteiger charge is 2.18. The van der Waals surface area contributed by atoms with Crippen molar-refractivity contribution in [2.45, 2.75) is 251 Å². The van der Waals surface area contributed by atoms with Gasteiger partial charge in [-0.1, -0.05) is 184 Å². The van der Waals surface area contributed by atoms with E-state index in [0.717, 1.165) is 77.0 Å². The minimum absolute atomic E-state index is 0.0327. The number of unbranched alkanes of at least 4 members (excludes halogenated alkanes) is 28. The molecule has 3 N–H and O–H groups in total. The second kappa shape index (κ2) is 46.5. The first-order chi connectivity index (χ1) is 28.0. The molecule has 0 aromatic carbocycles. The molecule has 1 amide bonds. The topological polar surface area (TPSA) is 95.9 Å². The summed E-state index contributed by atoms with van der Waals surface area (Å²) in [4.78, 5) is 24.4. The first-order valence-electron chi connectivity index (χ1n) is 24.4. The van der Waals surface area contributed by atoms with E-state index in [1.807, 2.05) is 6.08 Å². The molecular formula is C51H93NO5. The minimum atomic E-state index is -0.858. The van der Waals surface area contributed by atoms with Gasteiger partial charge in [-0.2, -0.15) is 0 Å². The van der Waals surface area contributed by atoms with Gasteiger partial charge < -0.3 is 20.3 Å². The molecule has 0 spiro atoms. The van der Waals surface area contributed by atoms with E-state index < -0.39 is 12.1 Å². The number of carbonyl (C=O) groups is 2. The quantitative estimate of drug-likeness (QED) is 0.0247. The van der Waals surface area contributed by atoms with E-state index in [2.05, 4.69) is 55.6 Å². The molecular weight excluding hydrogens is 707 g/mol. The molecule has 0 saturated carbocycles. The highest BCUT2D eigenvalue weighted by atomic mass is 16.5. The number of esters is 1. The van der Waals surface area contributed by atoms with Crippen molar-refractivity contribution in [2.24, 2.45) is 0 Å². The Morgan fingerprint density at radius 2 is 0.877 bits per heavy atom. The van der Waals surface area contributed by atoms with Crippen molar-refractivity contribution in [3.8, 4) is 0 Å². The Bertz CT molecular complexity index is 973. The standard InChI is InChI=1S/C51H93NO5/c1-3-5-7-9-11-13-15-16-21-25-29-33-37-41-45-51(56)57-46-42-38-34-30-26-22-19-17-18-20-24-28-32-36-40-44-50(55)52-48(47-53)49(54)43-39-35-31-27-23-14-12-10-8-6-4-2/h15-17,19,22,26,39,43,48-49,53-54H,3-14,18,20-21,23-25,27-38,40-42,44-47H2,1-2H3,(H,52,55)/b16-15-,19-17-,26-22-,43-39+.